The normalized spacial score (nSPS) is 30.7. The number of aromatic hydroxyl groups is 1. The van der Waals surface area contributed by atoms with Gasteiger partial charge in [0.15, 0.2) is 11.5 Å². The molecule has 3 aliphatic carbocycles. The molecule has 12 nitrogen and oxygen atoms in total. The van der Waals surface area contributed by atoms with E-state index in [1.165, 1.54) is 6.92 Å². The number of fused-ring (bicyclic) bond motifs is 1. The number of hydrogen-bond acceptors (Lipinski definition) is 11. The van der Waals surface area contributed by atoms with Gasteiger partial charge in [-0.2, -0.15) is 0 Å². The average Bonchev–Trinajstić information content (AvgIpc) is 3.71. The highest BCUT2D eigenvalue weighted by Crippen LogP contribution is 2.63. The monoisotopic (exact) mass is 811 g/mol. The predicted molar refractivity (Wildman–Crippen MR) is 217 cm³/mol. The van der Waals surface area contributed by atoms with Crippen LogP contribution in [0.2, 0.25) is 0 Å². The van der Waals surface area contributed by atoms with Gasteiger partial charge in [0.05, 0.1) is 12.7 Å². The van der Waals surface area contributed by atoms with Crippen LogP contribution in [0, 0.1) is 28.6 Å². The van der Waals surface area contributed by atoms with Crippen molar-refractivity contribution in [1.82, 2.24) is 10.6 Å². The average molecular weight is 811 g/mol. The highest BCUT2D eigenvalue weighted by molar-refractivity contribution is 5.90. The Bertz CT molecular complexity index is 1600. The van der Waals surface area contributed by atoms with Gasteiger partial charge < -0.3 is 45.3 Å². The molecule has 0 unspecified atom stereocenters. The molecule has 9 atom stereocenters. The summed E-state index contributed by atoms with van der Waals surface area (Å²) in [5, 5.41) is 49.2. The lowest BCUT2D eigenvalue weighted by atomic mass is 9.54. The molecule has 6 N–H and O–H groups in total. The Kier molecular flexibility index (Phi) is 13.7. The topological polar surface area (TPSA) is 184 Å². The Hall–Kier alpha value is -2.93. The molecular formula is C46H70N2O10. The van der Waals surface area contributed by atoms with Crippen molar-refractivity contribution in [3.8, 4) is 11.5 Å². The lowest BCUT2D eigenvalue weighted by Gasteiger charge is -2.54. The van der Waals surface area contributed by atoms with Crippen LogP contribution in [-0.2, 0) is 23.9 Å². The first-order chi connectivity index (χ1) is 28.0. The zero-order chi connectivity index (χ0) is 41.1. The predicted octanol–water partition coefficient (Wildman–Crippen LogP) is 5.91. The van der Waals surface area contributed by atoms with Gasteiger partial charge in [0.25, 0.3) is 0 Å². The first kappa shape index (κ1) is 43.2. The number of carbonyl (C=O) groups excluding carboxylic acids is 3. The van der Waals surface area contributed by atoms with Gasteiger partial charge in [-0.3, -0.25) is 9.59 Å². The van der Waals surface area contributed by atoms with E-state index < -0.39 is 41.2 Å². The third-order valence-electron chi connectivity index (χ3n) is 15.9. The summed E-state index contributed by atoms with van der Waals surface area (Å²) in [6.07, 6.45) is 11.7. The molecule has 0 radical (unpaired) electrons. The van der Waals surface area contributed by atoms with Crippen molar-refractivity contribution >= 4 is 17.8 Å². The van der Waals surface area contributed by atoms with E-state index in [9.17, 15) is 30.0 Å². The highest BCUT2D eigenvalue weighted by atomic mass is 16.6. The Balaban J connectivity index is 1.33. The number of benzene rings is 1. The number of hydrogen-bond donors (Lipinski definition) is 6. The van der Waals surface area contributed by atoms with Crippen LogP contribution in [0.4, 0.5) is 0 Å². The zero-order valence-corrected chi connectivity index (χ0v) is 35.0. The number of esters is 2. The summed E-state index contributed by atoms with van der Waals surface area (Å²) in [6.45, 7) is 5.08. The molecule has 58 heavy (non-hydrogen) atoms. The molecule has 4 fully saturated rings. The molecule has 0 aromatic heterocycles. The fraction of sp³-hybridized carbons (Fsp3) is 0.804. The summed E-state index contributed by atoms with van der Waals surface area (Å²) in [4.78, 5) is 41.2. The second-order valence-corrected chi connectivity index (χ2v) is 19.1. The van der Waals surface area contributed by atoms with Crippen LogP contribution in [0.1, 0.15) is 159 Å². The highest BCUT2D eigenvalue weighted by Gasteiger charge is 2.58. The van der Waals surface area contributed by atoms with Crippen molar-refractivity contribution in [2.45, 2.75) is 172 Å². The second kappa shape index (κ2) is 18.4. The van der Waals surface area contributed by atoms with Gasteiger partial charge in [-0.05, 0) is 139 Å². The number of nitrogens with one attached hydrogen (secondary N) is 2. The van der Waals surface area contributed by atoms with Crippen molar-refractivity contribution in [2.75, 3.05) is 32.9 Å². The fourth-order valence-corrected chi connectivity index (χ4v) is 12.9. The number of phenols is 1. The zero-order valence-electron chi connectivity index (χ0n) is 35.0. The molecule has 324 valence electrons. The number of amides is 1. The van der Waals surface area contributed by atoms with Crippen molar-refractivity contribution < 1.29 is 49.0 Å². The van der Waals surface area contributed by atoms with Crippen LogP contribution in [0.25, 0.3) is 0 Å². The van der Waals surface area contributed by atoms with Gasteiger partial charge in [-0.1, -0.05) is 31.7 Å². The maximum atomic E-state index is 15.1. The lowest BCUT2D eigenvalue weighted by Crippen LogP contribution is -2.65. The van der Waals surface area contributed by atoms with Gasteiger partial charge in [-0.15, -0.1) is 0 Å². The molecule has 1 aromatic rings. The van der Waals surface area contributed by atoms with Gasteiger partial charge >= 0.3 is 11.9 Å². The summed E-state index contributed by atoms with van der Waals surface area (Å²) in [5.41, 5.74) is 0.160. The Morgan fingerprint density at radius 2 is 1.71 bits per heavy atom. The van der Waals surface area contributed by atoms with Gasteiger partial charge in [0, 0.05) is 55.3 Å². The Morgan fingerprint density at radius 1 is 0.948 bits per heavy atom. The van der Waals surface area contributed by atoms with E-state index in [1.54, 1.807) is 13.0 Å². The summed E-state index contributed by atoms with van der Waals surface area (Å²) in [7, 11) is 0. The molecule has 2 saturated heterocycles. The van der Waals surface area contributed by atoms with E-state index in [2.05, 4.69) is 10.6 Å². The van der Waals surface area contributed by atoms with Crippen molar-refractivity contribution in [2.24, 2.45) is 28.6 Å². The van der Waals surface area contributed by atoms with Crippen molar-refractivity contribution in [3.05, 3.63) is 23.3 Å². The summed E-state index contributed by atoms with van der Waals surface area (Å²) < 4.78 is 19.8. The third-order valence-corrected chi connectivity index (χ3v) is 15.9. The van der Waals surface area contributed by atoms with Crippen LogP contribution in [0.15, 0.2) is 12.1 Å². The molecule has 3 heterocycles. The fourth-order valence-electron chi connectivity index (χ4n) is 12.9. The van der Waals surface area contributed by atoms with E-state index in [4.69, 9.17) is 14.2 Å². The molecule has 0 spiro atoms. The van der Waals surface area contributed by atoms with Crippen LogP contribution < -0.4 is 15.4 Å². The Labute approximate surface area is 344 Å². The number of aliphatic hydroxyl groups excluding tert-OH is 3. The molecular weight excluding hydrogens is 741 g/mol. The minimum Gasteiger partial charge on any atom is -0.504 e. The molecule has 2 saturated carbocycles. The smallest absolute Gasteiger partial charge is 0.332 e. The molecule has 1 aromatic carbocycles. The number of carbonyl (C=O) groups is 3. The molecule has 6 aliphatic rings. The van der Waals surface area contributed by atoms with Gasteiger partial charge in [0.2, 0.25) is 5.91 Å². The first-order valence-corrected chi connectivity index (χ1v) is 22.8. The largest absolute Gasteiger partial charge is 0.504 e. The Morgan fingerprint density at radius 3 is 2.41 bits per heavy atom. The molecule has 0 bridgehead atoms. The van der Waals surface area contributed by atoms with E-state index in [1.807, 2.05) is 6.07 Å². The van der Waals surface area contributed by atoms with Gasteiger partial charge in [0.1, 0.15) is 17.7 Å². The quantitative estimate of drug-likeness (QED) is 0.109. The third kappa shape index (κ3) is 8.38. The minimum absolute atomic E-state index is 0.0215. The number of rotatable bonds is 16. The lowest BCUT2D eigenvalue weighted by molar-refractivity contribution is -0.182. The van der Waals surface area contributed by atoms with Crippen LogP contribution in [0.3, 0.4) is 0 Å². The number of aliphatic hydroxyl groups is 3. The molecule has 1 amide bonds. The van der Waals surface area contributed by atoms with Crippen LogP contribution >= 0.6 is 0 Å². The number of piperidine rings is 2. The van der Waals surface area contributed by atoms with Crippen LogP contribution in [0.5, 0.6) is 11.5 Å². The minimum atomic E-state index is -1.12. The SMILES string of the molecule is CC(=O)O[C@@H](C[C@@H](OC(=O)[C@@]12CCCC[C@@H]1CCC(=O)N2)C1([C@H]2CC[C@@H]3c4c2ccc(O)c4OC[C@@H]3C2(CO)CCCC2)CCNCC1)[C@@H](CCCO)CC[C@H](C)O. The summed E-state index contributed by atoms with van der Waals surface area (Å²) >= 11 is 0. The van der Waals surface area contributed by atoms with Gasteiger partial charge in [-0.25, -0.2) is 4.79 Å². The number of phenolic OH excluding ortho intramolecular Hbond substituents is 1. The van der Waals surface area contributed by atoms with Crippen molar-refractivity contribution in [1.29, 1.82) is 0 Å². The summed E-state index contributed by atoms with van der Waals surface area (Å²) in [6, 6.07) is 3.79. The number of ether oxygens (including phenoxy) is 3. The summed E-state index contributed by atoms with van der Waals surface area (Å²) in [5.74, 6) is -0.433. The van der Waals surface area contributed by atoms with E-state index in [0.29, 0.717) is 83.2 Å². The van der Waals surface area contributed by atoms with Crippen molar-refractivity contribution in [3.63, 3.8) is 0 Å². The van der Waals surface area contributed by atoms with E-state index in [0.717, 1.165) is 68.9 Å². The standard InChI is InChI=1S/C46H70N2O10/c1-29(51)10-11-31(8-7-25-49)38(57-30(2)52)26-39(58-43(55)46-20-4-3-9-32(46)12-17-40(54)48-46)45(21-23-47-24-22-45)35-15-13-34-36(44(28-50)18-5-6-19-44)27-56-42-37(53)16-14-33(35)41(34)42/h14,16,29,31-32,34-36,38-39,47,49-51,53H,3-13,15,17-28H2,1-2H3,(H,48,54)/t29-,31-,32+,34-,35-,36-,38-,39+,46+/m0/s1. The second-order valence-electron chi connectivity index (χ2n) is 19.1. The maximum Gasteiger partial charge on any atom is 0.332 e. The van der Waals surface area contributed by atoms with E-state index in [-0.39, 0.29) is 66.3 Å². The maximum absolute atomic E-state index is 15.1. The van der Waals surface area contributed by atoms with Crippen LogP contribution in [-0.4, -0.2) is 95.0 Å². The first-order valence-electron chi connectivity index (χ1n) is 22.8. The molecule has 3 aliphatic heterocycles. The van der Waals surface area contributed by atoms with E-state index >= 15 is 4.79 Å². The molecule has 7 rings (SSSR count). The molecule has 12 heteroatoms.